The van der Waals surface area contributed by atoms with E-state index in [-0.39, 0.29) is 11.6 Å². The maximum absolute atomic E-state index is 11.2. The van der Waals surface area contributed by atoms with Crippen LogP contribution in [0.3, 0.4) is 0 Å². The number of carbonyl (C=O) groups is 1. The highest BCUT2D eigenvalue weighted by molar-refractivity contribution is 7.13. The molecule has 1 heterocycles. The third-order valence-electron chi connectivity index (χ3n) is 2.28. The summed E-state index contributed by atoms with van der Waals surface area (Å²) in [4.78, 5) is 15.2. The highest BCUT2D eigenvalue weighted by atomic mass is 32.1. The van der Waals surface area contributed by atoms with Crippen LogP contribution >= 0.6 is 11.3 Å². The van der Waals surface area contributed by atoms with E-state index in [1.807, 2.05) is 0 Å². The molecule has 0 radical (unpaired) electrons. The van der Waals surface area contributed by atoms with Gasteiger partial charge in [0.1, 0.15) is 24.0 Å². The van der Waals surface area contributed by atoms with Gasteiger partial charge in [-0.05, 0) is 0 Å². The standard InChI is InChI=1S/C10H16N4O5S/c1-11-9(19)5-4-20-10(13-5)14-12-2-6(16)8(18)7(17)3-15/h2,4,6-8,15-18H,3H2,1H3,(H,11,19)(H,13,14)/b12-2-/t6-,7-,8-/m0/s1. The molecule has 0 unspecified atom stereocenters. The Kier molecular flexibility index (Phi) is 6.48. The quantitative estimate of drug-likeness (QED) is 0.251. The molecule has 6 N–H and O–H groups in total. The Bertz CT molecular complexity index is 466. The number of nitrogens with zero attached hydrogens (tertiary/aromatic N) is 2. The topological polar surface area (TPSA) is 147 Å². The maximum Gasteiger partial charge on any atom is 0.270 e. The third kappa shape index (κ3) is 4.51. The number of aliphatic hydroxyl groups excluding tert-OH is 4. The van der Waals surface area contributed by atoms with Gasteiger partial charge in [0.25, 0.3) is 5.91 Å². The van der Waals surface area contributed by atoms with Crippen molar-refractivity contribution in [3.8, 4) is 0 Å². The maximum atomic E-state index is 11.2. The average molecular weight is 304 g/mol. The molecule has 0 aliphatic heterocycles. The van der Waals surface area contributed by atoms with Crippen LogP contribution in [0.25, 0.3) is 0 Å². The van der Waals surface area contributed by atoms with Crippen molar-refractivity contribution in [2.75, 3.05) is 19.1 Å². The van der Waals surface area contributed by atoms with Gasteiger partial charge in [0.05, 0.1) is 12.8 Å². The molecule has 0 aliphatic rings. The molecule has 0 aliphatic carbocycles. The fourth-order valence-electron chi connectivity index (χ4n) is 1.15. The molecule has 1 amide bonds. The Balaban J connectivity index is 2.52. The van der Waals surface area contributed by atoms with Gasteiger partial charge in [0.2, 0.25) is 5.13 Å². The second-order valence-corrected chi connectivity index (χ2v) is 4.60. The molecule has 0 fully saturated rings. The van der Waals surface area contributed by atoms with Crippen LogP contribution < -0.4 is 10.7 Å². The van der Waals surface area contributed by atoms with E-state index in [0.717, 1.165) is 17.6 Å². The third-order valence-corrected chi connectivity index (χ3v) is 3.03. The zero-order chi connectivity index (χ0) is 15.1. The van der Waals surface area contributed by atoms with E-state index in [2.05, 4.69) is 20.8 Å². The van der Waals surface area contributed by atoms with Gasteiger partial charge in [-0.25, -0.2) is 4.98 Å². The van der Waals surface area contributed by atoms with E-state index >= 15 is 0 Å². The van der Waals surface area contributed by atoms with Crippen molar-refractivity contribution in [3.63, 3.8) is 0 Å². The van der Waals surface area contributed by atoms with Crippen LogP contribution in [-0.4, -0.2) is 69.5 Å². The molecule has 1 aromatic rings. The van der Waals surface area contributed by atoms with E-state index in [9.17, 15) is 15.0 Å². The number of amides is 1. The second-order valence-electron chi connectivity index (χ2n) is 3.74. The van der Waals surface area contributed by atoms with Crippen molar-refractivity contribution >= 4 is 28.6 Å². The van der Waals surface area contributed by atoms with Gasteiger partial charge in [-0.15, -0.1) is 11.3 Å². The summed E-state index contributed by atoms with van der Waals surface area (Å²) in [5, 5.41) is 44.4. The lowest BCUT2D eigenvalue weighted by Gasteiger charge is -2.17. The number of nitrogens with one attached hydrogen (secondary N) is 2. The lowest BCUT2D eigenvalue weighted by molar-refractivity contribution is -0.0541. The molecule has 112 valence electrons. The average Bonchev–Trinajstić information content (AvgIpc) is 2.93. The predicted octanol–water partition coefficient (Wildman–Crippen LogP) is -2.02. The summed E-state index contributed by atoms with van der Waals surface area (Å²) in [6.45, 7) is -0.679. The molecular weight excluding hydrogens is 288 g/mol. The first-order valence-corrected chi connectivity index (χ1v) is 6.49. The van der Waals surface area contributed by atoms with Gasteiger partial charge in [0.15, 0.2) is 0 Å². The predicted molar refractivity (Wildman–Crippen MR) is 72.7 cm³/mol. The highest BCUT2D eigenvalue weighted by Crippen LogP contribution is 2.14. The number of aromatic nitrogens is 1. The molecule has 10 heteroatoms. The molecule has 0 saturated carbocycles. The summed E-state index contributed by atoms with van der Waals surface area (Å²) in [5.74, 6) is -0.334. The van der Waals surface area contributed by atoms with Crippen LogP contribution in [0.2, 0.25) is 0 Å². The van der Waals surface area contributed by atoms with Crippen LogP contribution in [0.1, 0.15) is 10.5 Å². The van der Waals surface area contributed by atoms with E-state index in [4.69, 9.17) is 10.2 Å². The van der Waals surface area contributed by atoms with Crippen LogP contribution in [0.4, 0.5) is 5.13 Å². The number of hydrazone groups is 1. The summed E-state index contributed by atoms with van der Waals surface area (Å²) in [5.41, 5.74) is 2.70. The van der Waals surface area contributed by atoms with Crippen molar-refractivity contribution in [2.45, 2.75) is 18.3 Å². The van der Waals surface area contributed by atoms with Crippen LogP contribution in [0.15, 0.2) is 10.5 Å². The summed E-state index contributed by atoms with van der Waals surface area (Å²) in [6, 6.07) is 0. The van der Waals surface area contributed by atoms with Crippen LogP contribution in [-0.2, 0) is 0 Å². The molecular formula is C10H16N4O5S. The normalized spacial score (nSPS) is 15.8. The summed E-state index contributed by atoms with van der Waals surface area (Å²) in [6.07, 6.45) is -3.52. The second kappa shape index (κ2) is 7.87. The first kappa shape index (κ1) is 16.5. The first-order valence-electron chi connectivity index (χ1n) is 5.61. The van der Waals surface area contributed by atoms with Gasteiger partial charge in [0, 0.05) is 12.4 Å². The number of thiazole rings is 1. The molecule has 0 aromatic carbocycles. The summed E-state index contributed by atoms with van der Waals surface area (Å²) < 4.78 is 0. The zero-order valence-corrected chi connectivity index (χ0v) is 11.4. The van der Waals surface area contributed by atoms with Crippen molar-refractivity contribution in [1.82, 2.24) is 10.3 Å². The fourth-order valence-corrected chi connectivity index (χ4v) is 1.79. The number of carbonyl (C=O) groups excluding carboxylic acids is 1. The minimum Gasteiger partial charge on any atom is -0.394 e. The lowest BCUT2D eigenvalue weighted by atomic mass is 10.1. The Hall–Kier alpha value is -1.59. The van der Waals surface area contributed by atoms with E-state index in [1.54, 1.807) is 0 Å². The molecule has 0 spiro atoms. The van der Waals surface area contributed by atoms with Gasteiger partial charge in [-0.3, -0.25) is 10.2 Å². The summed E-state index contributed by atoms with van der Waals surface area (Å²) in [7, 11) is 1.48. The SMILES string of the molecule is CNC(=O)c1csc(N/N=C\[C@H](O)[C@H](O)[C@@H](O)CO)n1. The largest absolute Gasteiger partial charge is 0.394 e. The molecule has 1 aromatic heterocycles. The molecule has 0 bridgehead atoms. The fraction of sp³-hybridized carbons (Fsp3) is 0.500. The number of hydrogen-bond donors (Lipinski definition) is 6. The Labute approximate surface area is 118 Å². The first-order chi connectivity index (χ1) is 9.49. The Morgan fingerprint density at radius 2 is 2.25 bits per heavy atom. The minimum absolute atomic E-state index is 0.228. The van der Waals surface area contributed by atoms with E-state index in [1.165, 1.54) is 12.4 Å². The molecule has 1 rings (SSSR count). The molecule has 3 atom stereocenters. The molecule has 9 nitrogen and oxygen atoms in total. The van der Waals surface area contributed by atoms with E-state index < -0.39 is 24.9 Å². The smallest absolute Gasteiger partial charge is 0.270 e. The van der Waals surface area contributed by atoms with Crippen molar-refractivity contribution in [2.24, 2.45) is 5.10 Å². The molecule has 20 heavy (non-hydrogen) atoms. The molecule has 0 saturated heterocycles. The number of hydrogen-bond acceptors (Lipinski definition) is 9. The number of aliphatic hydroxyl groups is 4. The monoisotopic (exact) mass is 304 g/mol. The van der Waals surface area contributed by atoms with Crippen LogP contribution in [0, 0.1) is 0 Å². The van der Waals surface area contributed by atoms with Crippen molar-refractivity contribution in [3.05, 3.63) is 11.1 Å². The Morgan fingerprint density at radius 1 is 1.55 bits per heavy atom. The Morgan fingerprint density at radius 3 is 2.85 bits per heavy atom. The van der Waals surface area contributed by atoms with Crippen molar-refractivity contribution < 1.29 is 25.2 Å². The number of rotatable bonds is 7. The summed E-state index contributed by atoms with van der Waals surface area (Å²) >= 11 is 1.13. The highest BCUT2D eigenvalue weighted by Gasteiger charge is 2.22. The number of anilines is 1. The van der Waals surface area contributed by atoms with Gasteiger partial charge >= 0.3 is 0 Å². The van der Waals surface area contributed by atoms with E-state index in [0.29, 0.717) is 5.13 Å². The minimum atomic E-state index is -1.55. The van der Waals surface area contributed by atoms with Crippen molar-refractivity contribution in [1.29, 1.82) is 0 Å². The van der Waals surface area contributed by atoms with Crippen LogP contribution in [0.5, 0.6) is 0 Å². The van der Waals surface area contributed by atoms with Gasteiger partial charge < -0.3 is 25.7 Å². The van der Waals surface area contributed by atoms with Gasteiger partial charge in [-0.1, -0.05) is 0 Å². The zero-order valence-electron chi connectivity index (χ0n) is 10.6. The lowest BCUT2D eigenvalue weighted by Crippen LogP contribution is -2.40. The van der Waals surface area contributed by atoms with Gasteiger partial charge in [-0.2, -0.15) is 5.10 Å².